The standard InChI is InChI=1S/C18H16O10Si/c1-29(2,27-11-7-3-5-9(15(19)20)13(11)17(23)24)28-12-8-4-6-10(16(21)22)14(12)18(25)26/h3-8H,1-2H3,(H,19,20)(H,21,22)(H,23,24)(H,25,26). The van der Waals surface area contributed by atoms with Crippen molar-refractivity contribution in [2.75, 3.05) is 0 Å². The van der Waals surface area contributed by atoms with E-state index < -0.39 is 54.7 Å². The lowest BCUT2D eigenvalue weighted by atomic mass is 10.1. The van der Waals surface area contributed by atoms with Gasteiger partial charge in [-0.1, -0.05) is 12.1 Å². The lowest BCUT2D eigenvalue weighted by Crippen LogP contribution is -2.42. The van der Waals surface area contributed by atoms with Crippen molar-refractivity contribution < 1.29 is 48.5 Å². The second kappa shape index (κ2) is 8.02. The molecule has 29 heavy (non-hydrogen) atoms. The molecule has 0 heterocycles. The third-order valence-corrected chi connectivity index (χ3v) is 5.08. The fourth-order valence-electron chi connectivity index (χ4n) is 2.58. The summed E-state index contributed by atoms with van der Waals surface area (Å²) in [6.07, 6.45) is 0. The van der Waals surface area contributed by atoms with E-state index in [2.05, 4.69) is 0 Å². The highest BCUT2D eigenvalue weighted by Gasteiger charge is 2.34. The molecule has 0 radical (unpaired) electrons. The van der Waals surface area contributed by atoms with Crippen LogP contribution in [0.15, 0.2) is 36.4 Å². The monoisotopic (exact) mass is 420 g/mol. The van der Waals surface area contributed by atoms with Crippen LogP contribution in [0.25, 0.3) is 0 Å². The van der Waals surface area contributed by atoms with Crippen molar-refractivity contribution >= 4 is 32.4 Å². The number of carboxylic acid groups (broad SMARTS) is 4. The predicted octanol–water partition coefficient (Wildman–Crippen LogP) is 2.64. The molecule has 2 aromatic carbocycles. The summed E-state index contributed by atoms with van der Waals surface area (Å²) < 4.78 is 11.3. The molecule has 0 atom stereocenters. The van der Waals surface area contributed by atoms with Gasteiger partial charge >= 0.3 is 32.4 Å². The molecule has 11 heteroatoms. The van der Waals surface area contributed by atoms with Crippen LogP contribution in [-0.4, -0.2) is 52.9 Å². The number of carboxylic acids is 4. The number of carbonyl (C=O) groups is 4. The molecule has 0 bridgehead atoms. The molecule has 0 unspecified atom stereocenters. The molecule has 152 valence electrons. The zero-order valence-electron chi connectivity index (χ0n) is 15.2. The molecule has 0 aromatic heterocycles. The molecule has 0 aliphatic rings. The van der Waals surface area contributed by atoms with Crippen LogP contribution in [0.5, 0.6) is 11.5 Å². The van der Waals surface area contributed by atoms with E-state index in [0.717, 1.165) is 12.1 Å². The van der Waals surface area contributed by atoms with E-state index >= 15 is 0 Å². The van der Waals surface area contributed by atoms with Gasteiger partial charge < -0.3 is 29.3 Å². The first-order chi connectivity index (χ1) is 13.4. The second-order valence-electron chi connectivity index (χ2n) is 6.18. The fourth-order valence-corrected chi connectivity index (χ4v) is 4.02. The van der Waals surface area contributed by atoms with E-state index in [1.54, 1.807) is 0 Å². The molecular formula is C18H16O10Si. The first-order valence-corrected chi connectivity index (χ1v) is 10.8. The van der Waals surface area contributed by atoms with Gasteiger partial charge in [0.05, 0.1) is 11.1 Å². The average molecular weight is 420 g/mol. The van der Waals surface area contributed by atoms with Crippen LogP contribution in [-0.2, 0) is 0 Å². The fraction of sp³-hybridized carbons (Fsp3) is 0.111. The Morgan fingerprint density at radius 1 is 0.655 bits per heavy atom. The highest BCUT2D eigenvalue weighted by atomic mass is 28.4. The Labute approximate surface area is 164 Å². The number of aromatic carboxylic acids is 4. The largest absolute Gasteiger partial charge is 0.511 e. The molecule has 4 N–H and O–H groups in total. The van der Waals surface area contributed by atoms with Gasteiger partial charge in [0.2, 0.25) is 0 Å². The third-order valence-electron chi connectivity index (χ3n) is 3.65. The van der Waals surface area contributed by atoms with Crippen molar-refractivity contribution in [3.63, 3.8) is 0 Å². The van der Waals surface area contributed by atoms with Crippen molar-refractivity contribution in [1.82, 2.24) is 0 Å². The first-order valence-electron chi connectivity index (χ1n) is 8.02. The minimum Gasteiger partial charge on any atom is -0.511 e. The summed E-state index contributed by atoms with van der Waals surface area (Å²) in [4.78, 5) is 45.7. The average Bonchev–Trinajstić information content (AvgIpc) is 2.59. The molecule has 0 fully saturated rings. The van der Waals surface area contributed by atoms with Crippen LogP contribution in [0, 0.1) is 0 Å². The second-order valence-corrected chi connectivity index (χ2v) is 9.39. The van der Waals surface area contributed by atoms with Crippen molar-refractivity contribution in [3.8, 4) is 11.5 Å². The molecule has 10 nitrogen and oxygen atoms in total. The van der Waals surface area contributed by atoms with Gasteiger partial charge in [-0.15, -0.1) is 0 Å². The predicted molar refractivity (Wildman–Crippen MR) is 99.5 cm³/mol. The SMILES string of the molecule is C[Si](C)(Oc1cccc(C(=O)O)c1C(=O)O)Oc1cccc(C(=O)O)c1C(=O)O. The highest BCUT2D eigenvalue weighted by molar-refractivity contribution is 6.66. The van der Waals surface area contributed by atoms with Gasteiger partial charge in [-0.3, -0.25) is 0 Å². The minimum atomic E-state index is -3.37. The van der Waals surface area contributed by atoms with Crippen LogP contribution in [0.3, 0.4) is 0 Å². The Balaban J connectivity index is 2.48. The Hall–Kier alpha value is -3.86. The van der Waals surface area contributed by atoms with Gasteiger partial charge in [-0.2, -0.15) is 0 Å². The maximum absolute atomic E-state index is 11.5. The van der Waals surface area contributed by atoms with Crippen LogP contribution >= 0.6 is 0 Å². The van der Waals surface area contributed by atoms with Gasteiger partial charge in [-0.25, -0.2) is 19.2 Å². The highest BCUT2D eigenvalue weighted by Crippen LogP contribution is 2.29. The van der Waals surface area contributed by atoms with Crippen LogP contribution in [0.1, 0.15) is 41.4 Å². The van der Waals surface area contributed by atoms with Crippen LogP contribution in [0.4, 0.5) is 0 Å². The van der Waals surface area contributed by atoms with E-state index in [4.69, 9.17) is 8.85 Å². The smallest absolute Gasteiger partial charge is 0.454 e. The van der Waals surface area contributed by atoms with Crippen molar-refractivity contribution in [2.24, 2.45) is 0 Å². The number of hydrogen-bond acceptors (Lipinski definition) is 6. The number of rotatable bonds is 8. The Bertz CT molecular complexity index is 932. The van der Waals surface area contributed by atoms with Gasteiger partial charge in [0.15, 0.2) is 0 Å². The minimum absolute atomic E-state index is 0.264. The first kappa shape index (κ1) is 21.4. The summed E-state index contributed by atoms with van der Waals surface area (Å²) in [5.74, 6) is -6.50. The van der Waals surface area contributed by atoms with Gasteiger partial charge in [0, 0.05) is 13.1 Å². The summed E-state index contributed by atoms with van der Waals surface area (Å²) in [6, 6.07) is 7.30. The summed E-state index contributed by atoms with van der Waals surface area (Å²) in [7, 11) is -3.37. The number of benzene rings is 2. The van der Waals surface area contributed by atoms with E-state index in [1.165, 1.54) is 37.4 Å². The van der Waals surface area contributed by atoms with E-state index in [-0.39, 0.29) is 11.5 Å². The molecule has 0 spiro atoms. The van der Waals surface area contributed by atoms with Crippen molar-refractivity contribution in [2.45, 2.75) is 13.1 Å². The molecule has 2 rings (SSSR count). The van der Waals surface area contributed by atoms with Crippen molar-refractivity contribution in [3.05, 3.63) is 58.7 Å². The zero-order chi connectivity index (χ0) is 21.9. The lowest BCUT2D eigenvalue weighted by molar-refractivity contribution is 0.0648. The van der Waals surface area contributed by atoms with Crippen LogP contribution < -0.4 is 8.85 Å². The summed E-state index contributed by atoms with van der Waals surface area (Å²) in [5.41, 5.74) is -2.14. The van der Waals surface area contributed by atoms with Crippen LogP contribution in [0.2, 0.25) is 13.1 Å². The summed E-state index contributed by atoms with van der Waals surface area (Å²) in [6.45, 7) is 2.93. The number of hydrogen-bond donors (Lipinski definition) is 4. The lowest BCUT2D eigenvalue weighted by Gasteiger charge is -2.26. The van der Waals surface area contributed by atoms with Crippen molar-refractivity contribution in [1.29, 1.82) is 0 Å². The Morgan fingerprint density at radius 2 is 1.00 bits per heavy atom. The van der Waals surface area contributed by atoms with Gasteiger partial charge in [0.1, 0.15) is 22.6 Å². The maximum Gasteiger partial charge on any atom is 0.454 e. The maximum atomic E-state index is 11.5. The summed E-state index contributed by atoms with van der Waals surface area (Å²) >= 11 is 0. The molecule has 0 saturated carbocycles. The topological polar surface area (TPSA) is 168 Å². The normalized spacial score (nSPS) is 10.8. The quantitative estimate of drug-likeness (QED) is 0.466. The van der Waals surface area contributed by atoms with Gasteiger partial charge in [0.25, 0.3) is 0 Å². The molecule has 0 aliphatic heterocycles. The zero-order valence-corrected chi connectivity index (χ0v) is 16.2. The molecule has 0 amide bonds. The van der Waals surface area contributed by atoms with E-state index in [0.29, 0.717) is 0 Å². The molecule has 0 saturated heterocycles. The van der Waals surface area contributed by atoms with E-state index in [1.807, 2.05) is 0 Å². The van der Waals surface area contributed by atoms with Gasteiger partial charge in [-0.05, 0) is 24.3 Å². The molecular weight excluding hydrogens is 404 g/mol. The molecule has 2 aromatic rings. The Morgan fingerprint density at radius 3 is 1.28 bits per heavy atom. The molecule has 0 aliphatic carbocycles. The Kier molecular flexibility index (Phi) is 5.93. The summed E-state index contributed by atoms with van der Waals surface area (Å²) in [5, 5.41) is 37.2. The third kappa shape index (κ3) is 4.71. The van der Waals surface area contributed by atoms with E-state index in [9.17, 15) is 39.6 Å².